The molecule has 142 valence electrons. The summed E-state index contributed by atoms with van der Waals surface area (Å²) >= 11 is 0. The van der Waals surface area contributed by atoms with E-state index in [0.29, 0.717) is 18.3 Å². The number of nitrogens with one attached hydrogen (secondary N) is 1. The van der Waals surface area contributed by atoms with Gasteiger partial charge < -0.3 is 19.0 Å². The summed E-state index contributed by atoms with van der Waals surface area (Å²) in [6.07, 6.45) is 2.94. The molecule has 0 spiro atoms. The van der Waals surface area contributed by atoms with E-state index in [-0.39, 0.29) is 11.1 Å². The third-order valence-electron chi connectivity index (χ3n) is 4.55. The number of carbonyl (C=O) groups excluding carboxylic acids is 1. The van der Waals surface area contributed by atoms with Gasteiger partial charge in [-0.25, -0.2) is 9.78 Å². The molecule has 0 unspecified atom stereocenters. The summed E-state index contributed by atoms with van der Waals surface area (Å²) < 4.78 is 15.9. The minimum atomic E-state index is -0.486. The molecule has 0 saturated carbocycles. The van der Waals surface area contributed by atoms with Gasteiger partial charge in [-0.1, -0.05) is 25.9 Å². The van der Waals surface area contributed by atoms with Gasteiger partial charge in [0.15, 0.2) is 11.5 Å². The number of aromatic amines is 1. The monoisotopic (exact) mass is 361 g/mol. The van der Waals surface area contributed by atoms with Crippen LogP contribution in [0.4, 0.5) is 0 Å². The summed E-state index contributed by atoms with van der Waals surface area (Å²) in [7, 11) is 0. The van der Waals surface area contributed by atoms with E-state index in [9.17, 15) is 4.79 Å². The molecule has 0 atom stereocenters. The van der Waals surface area contributed by atoms with Crippen molar-refractivity contribution in [1.82, 2.24) is 15.1 Å². The summed E-state index contributed by atoms with van der Waals surface area (Å²) in [6, 6.07) is 1.61. The zero-order chi connectivity index (χ0) is 18.7. The van der Waals surface area contributed by atoms with Crippen molar-refractivity contribution in [3.05, 3.63) is 23.3 Å². The highest BCUT2D eigenvalue weighted by Gasteiger charge is 2.26. The maximum absolute atomic E-state index is 11.9. The molecule has 0 bridgehead atoms. The second-order valence-electron chi connectivity index (χ2n) is 7.72. The van der Waals surface area contributed by atoms with Crippen LogP contribution < -0.4 is 0 Å². The number of hydrogen-bond acceptors (Lipinski definition) is 6. The summed E-state index contributed by atoms with van der Waals surface area (Å²) in [6.45, 7) is 9.99. The average molecular weight is 361 g/mol. The van der Waals surface area contributed by atoms with E-state index < -0.39 is 5.97 Å². The van der Waals surface area contributed by atoms with Gasteiger partial charge in [-0.3, -0.25) is 0 Å². The van der Waals surface area contributed by atoms with Crippen LogP contribution in [0.25, 0.3) is 11.5 Å². The van der Waals surface area contributed by atoms with Gasteiger partial charge in [0.2, 0.25) is 0 Å². The first kappa shape index (κ1) is 18.6. The number of aromatic nitrogens is 3. The summed E-state index contributed by atoms with van der Waals surface area (Å²) in [5.41, 5.74) is 1.80. The molecule has 0 radical (unpaired) electrons. The highest BCUT2D eigenvalue weighted by molar-refractivity contribution is 5.88. The molecule has 2 aromatic rings. The van der Waals surface area contributed by atoms with Gasteiger partial charge in [0.1, 0.15) is 11.5 Å². The molecule has 1 aliphatic rings. The van der Waals surface area contributed by atoms with Crippen LogP contribution >= 0.6 is 0 Å². The van der Waals surface area contributed by atoms with Crippen molar-refractivity contribution in [2.75, 3.05) is 19.8 Å². The van der Waals surface area contributed by atoms with E-state index in [2.05, 4.69) is 30.9 Å². The lowest BCUT2D eigenvalue weighted by Gasteiger charge is -2.21. The largest absolute Gasteiger partial charge is 0.461 e. The van der Waals surface area contributed by atoms with E-state index in [0.717, 1.165) is 49.7 Å². The number of carbonyl (C=O) groups is 1. The van der Waals surface area contributed by atoms with Gasteiger partial charge in [0.25, 0.3) is 0 Å². The van der Waals surface area contributed by atoms with E-state index in [1.807, 2.05) is 0 Å². The van der Waals surface area contributed by atoms with Crippen LogP contribution in [0.15, 0.2) is 10.6 Å². The first-order chi connectivity index (χ1) is 12.4. The van der Waals surface area contributed by atoms with E-state index in [4.69, 9.17) is 19.0 Å². The Kier molecular flexibility index (Phi) is 5.46. The number of nitrogens with zero attached hydrogens (tertiary/aromatic N) is 2. The Labute approximate surface area is 153 Å². The number of H-pyrrole nitrogens is 1. The molecular weight excluding hydrogens is 334 g/mol. The quantitative estimate of drug-likeness (QED) is 0.820. The minimum Gasteiger partial charge on any atom is -0.461 e. The predicted octanol–water partition coefficient (Wildman–Crippen LogP) is 3.51. The van der Waals surface area contributed by atoms with Crippen LogP contribution in [0.3, 0.4) is 0 Å². The Morgan fingerprint density at radius 1 is 1.35 bits per heavy atom. The fourth-order valence-corrected chi connectivity index (χ4v) is 3.04. The Morgan fingerprint density at radius 2 is 2.08 bits per heavy atom. The zero-order valence-electron chi connectivity index (χ0n) is 15.9. The molecule has 26 heavy (non-hydrogen) atoms. The van der Waals surface area contributed by atoms with Crippen molar-refractivity contribution >= 4 is 5.97 Å². The normalized spacial score (nSPS) is 16.0. The van der Waals surface area contributed by atoms with Gasteiger partial charge >= 0.3 is 5.97 Å². The molecule has 0 aromatic carbocycles. The molecule has 2 aromatic heterocycles. The SMILES string of the molecule is CCOC(=O)c1cc(-c2nc(C(C)(C)C)[nH]c2CC2CCOCC2)on1. The van der Waals surface area contributed by atoms with Crippen LogP contribution in [0.5, 0.6) is 0 Å². The fraction of sp³-hybridized carbons (Fsp3) is 0.632. The van der Waals surface area contributed by atoms with Crippen molar-refractivity contribution in [1.29, 1.82) is 0 Å². The smallest absolute Gasteiger partial charge is 0.360 e. The van der Waals surface area contributed by atoms with Crippen LogP contribution in [-0.4, -0.2) is 40.9 Å². The van der Waals surface area contributed by atoms with Gasteiger partial charge in [0, 0.05) is 30.4 Å². The van der Waals surface area contributed by atoms with Crippen molar-refractivity contribution in [3.63, 3.8) is 0 Å². The molecule has 3 rings (SSSR count). The minimum absolute atomic E-state index is 0.118. The Morgan fingerprint density at radius 3 is 2.73 bits per heavy atom. The van der Waals surface area contributed by atoms with E-state index in [1.165, 1.54) is 0 Å². The second-order valence-corrected chi connectivity index (χ2v) is 7.72. The van der Waals surface area contributed by atoms with Gasteiger partial charge in [-0.05, 0) is 32.1 Å². The average Bonchev–Trinajstić information content (AvgIpc) is 3.22. The lowest BCUT2D eigenvalue weighted by Crippen LogP contribution is -2.18. The van der Waals surface area contributed by atoms with Gasteiger partial charge in [-0.2, -0.15) is 0 Å². The van der Waals surface area contributed by atoms with Gasteiger partial charge in [-0.15, -0.1) is 0 Å². The van der Waals surface area contributed by atoms with E-state index in [1.54, 1.807) is 13.0 Å². The number of rotatable bonds is 5. The summed E-state index contributed by atoms with van der Waals surface area (Å²) in [4.78, 5) is 20.1. The standard InChI is InChI=1S/C19H27N3O4/c1-5-25-17(23)14-11-15(26-22-14)16-13(10-12-6-8-24-9-7-12)20-18(21-16)19(2,3)4/h11-12H,5-10H2,1-4H3,(H,20,21). The first-order valence-corrected chi connectivity index (χ1v) is 9.19. The molecule has 7 nitrogen and oxygen atoms in total. The Hall–Kier alpha value is -2.15. The predicted molar refractivity (Wildman–Crippen MR) is 96.0 cm³/mol. The molecule has 1 fully saturated rings. The van der Waals surface area contributed by atoms with Crippen molar-refractivity contribution in [2.24, 2.45) is 5.92 Å². The maximum atomic E-state index is 11.9. The van der Waals surface area contributed by atoms with Crippen LogP contribution in [0.2, 0.25) is 0 Å². The number of ether oxygens (including phenoxy) is 2. The zero-order valence-corrected chi connectivity index (χ0v) is 15.9. The number of hydrogen-bond donors (Lipinski definition) is 1. The molecular formula is C19H27N3O4. The van der Waals surface area contributed by atoms with Crippen LogP contribution in [0.1, 0.15) is 62.5 Å². The van der Waals surface area contributed by atoms with Crippen LogP contribution in [0, 0.1) is 5.92 Å². The molecule has 1 saturated heterocycles. The fourth-order valence-electron chi connectivity index (χ4n) is 3.04. The molecule has 0 amide bonds. The molecule has 3 heterocycles. The summed E-state index contributed by atoms with van der Waals surface area (Å²) in [5, 5.41) is 3.85. The lowest BCUT2D eigenvalue weighted by molar-refractivity contribution is 0.0514. The van der Waals surface area contributed by atoms with Gasteiger partial charge in [0.05, 0.1) is 6.61 Å². The first-order valence-electron chi connectivity index (χ1n) is 9.19. The Bertz CT molecular complexity index is 751. The molecule has 0 aliphatic carbocycles. The molecule has 1 N–H and O–H groups in total. The highest BCUT2D eigenvalue weighted by Crippen LogP contribution is 2.31. The van der Waals surface area contributed by atoms with Crippen LogP contribution in [-0.2, 0) is 21.3 Å². The second kappa shape index (κ2) is 7.61. The Balaban J connectivity index is 1.91. The lowest BCUT2D eigenvalue weighted by atomic mass is 9.94. The van der Waals surface area contributed by atoms with Crippen molar-refractivity contribution in [2.45, 2.75) is 52.4 Å². The molecule has 1 aliphatic heterocycles. The topological polar surface area (TPSA) is 90.2 Å². The molecule has 7 heteroatoms. The highest BCUT2D eigenvalue weighted by atomic mass is 16.5. The van der Waals surface area contributed by atoms with Crippen molar-refractivity contribution < 1.29 is 18.8 Å². The number of esters is 1. The third kappa shape index (κ3) is 4.15. The van der Waals surface area contributed by atoms with E-state index >= 15 is 0 Å². The maximum Gasteiger partial charge on any atom is 0.360 e. The number of imidazole rings is 1. The summed E-state index contributed by atoms with van der Waals surface area (Å²) in [5.74, 6) is 1.44. The van der Waals surface area contributed by atoms with Crippen molar-refractivity contribution in [3.8, 4) is 11.5 Å². The third-order valence-corrected chi connectivity index (χ3v) is 4.55.